The van der Waals surface area contributed by atoms with Crippen LogP contribution in [0.5, 0.6) is 5.75 Å². The molecule has 0 heterocycles. The van der Waals surface area contributed by atoms with Gasteiger partial charge >= 0.3 is 5.97 Å². The summed E-state index contributed by atoms with van der Waals surface area (Å²) in [5.41, 5.74) is 4.10. The van der Waals surface area contributed by atoms with Crippen LogP contribution in [0.4, 0.5) is 5.69 Å². The maximum atomic E-state index is 11.5. The summed E-state index contributed by atoms with van der Waals surface area (Å²) in [5, 5.41) is 23.1. The first-order chi connectivity index (χ1) is 17.0. The van der Waals surface area contributed by atoms with Crippen molar-refractivity contribution in [1.82, 2.24) is 5.32 Å². The zero-order chi connectivity index (χ0) is 26.3. The minimum Gasteiger partial charge on any atom is -0.490 e. The third-order valence-corrected chi connectivity index (χ3v) is 5.97. The molecule has 0 fully saturated rings. The number of hydrogen-bond acceptors (Lipinski definition) is 6. The number of aliphatic hydroxyl groups is 1. The molecule has 3 rings (SSSR count). The normalized spacial score (nSPS) is 12.4. The molecule has 0 radical (unpaired) electrons. The van der Waals surface area contributed by atoms with Gasteiger partial charge in [-0.25, -0.2) is 13.2 Å². The van der Waals surface area contributed by atoms with Crippen LogP contribution in [0.1, 0.15) is 41.4 Å². The third kappa shape index (κ3) is 8.08. The first-order valence-electron chi connectivity index (χ1n) is 11.6. The Kier molecular flexibility index (Phi) is 9.08. The van der Waals surface area contributed by atoms with E-state index < -0.39 is 22.1 Å². The average molecular weight is 513 g/mol. The lowest BCUT2D eigenvalue weighted by Gasteiger charge is -2.14. The minimum absolute atomic E-state index is 0.135. The van der Waals surface area contributed by atoms with E-state index in [1.54, 1.807) is 42.5 Å². The Morgan fingerprint density at radius 1 is 1.00 bits per heavy atom. The maximum absolute atomic E-state index is 11.5. The molecule has 192 valence electrons. The van der Waals surface area contributed by atoms with Crippen molar-refractivity contribution in [3.05, 3.63) is 83.4 Å². The molecule has 0 aliphatic carbocycles. The summed E-state index contributed by atoms with van der Waals surface area (Å²) in [4.78, 5) is 11.5. The summed E-state index contributed by atoms with van der Waals surface area (Å²) in [5.74, 6) is -0.678. The van der Waals surface area contributed by atoms with Crippen molar-refractivity contribution in [1.29, 1.82) is 0 Å². The Labute approximate surface area is 212 Å². The quantitative estimate of drug-likeness (QED) is 0.270. The Morgan fingerprint density at radius 3 is 2.33 bits per heavy atom. The summed E-state index contributed by atoms with van der Waals surface area (Å²) < 4.78 is 30.9. The van der Waals surface area contributed by atoms with E-state index in [0.717, 1.165) is 29.4 Å². The molecule has 0 bridgehead atoms. The van der Waals surface area contributed by atoms with Crippen LogP contribution in [0, 0.1) is 0 Å². The second kappa shape index (κ2) is 12.0. The van der Waals surface area contributed by atoms with Crippen LogP contribution in [0.15, 0.2) is 66.7 Å². The monoisotopic (exact) mass is 512 g/mol. The molecular formula is C27H32N2O6S. The summed E-state index contributed by atoms with van der Waals surface area (Å²) in [6.07, 6.45) is 0.921. The fraction of sp³-hybridized carbons (Fsp3) is 0.296. The van der Waals surface area contributed by atoms with E-state index in [4.69, 9.17) is 4.74 Å². The molecule has 0 aliphatic heterocycles. The molecule has 4 N–H and O–H groups in total. The fourth-order valence-corrected chi connectivity index (χ4v) is 4.26. The van der Waals surface area contributed by atoms with E-state index in [0.29, 0.717) is 30.1 Å². The molecular weight excluding hydrogens is 480 g/mol. The number of aliphatic hydroxyl groups excluding tert-OH is 1. The van der Waals surface area contributed by atoms with Crippen LogP contribution >= 0.6 is 0 Å². The second-order valence-corrected chi connectivity index (χ2v) is 10.6. The highest BCUT2D eigenvalue weighted by Crippen LogP contribution is 2.28. The van der Waals surface area contributed by atoms with E-state index in [2.05, 4.69) is 10.0 Å². The standard InChI is InChI=1S/C27H32N2O6S/c1-18(2)35-26-16-21(11-12-24(26)27(31)32)20-9-7-19(8-10-20)13-14-28-17-25(30)22-5-4-6-23(15-22)29-36(3,33)34/h4-12,15-16,18,25,28-30H,13-14,17H2,1-3H3,(H,31,32)/t25-/m0/s1. The van der Waals surface area contributed by atoms with Gasteiger partial charge < -0.3 is 20.3 Å². The first kappa shape index (κ1) is 27.2. The number of hydrogen-bond donors (Lipinski definition) is 4. The van der Waals surface area contributed by atoms with Crippen LogP contribution in [-0.2, 0) is 16.4 Å². The number of carboxylic acids is 1. The number of benzene rings is 3. The molecule has 9 heteroatoms. The van der Waals surface area contributed by atoms with E-state index >= 15 is 0 Å². The van der Waals surface area contributed by atoms with E-state index in [-0.39, 0.29) is 11.7 Å². The van der Waals surface area contributed by atoms with Gasteiger partial charge in [0.15, 0.2) is 0 Å². The summed E-state index contributed by atoms with van der Waals surface area (Å²) >= 11 is 0. The summed E-state index contributed by atoms with van der Waals surface area (Å²) in [6, 6.07) is 19.8. The smallest absolute Gasteiger partial charge is 0.339 e. The maximum Gasteiger partial charge on any atom is 0.339 e. The van der Waals surface area contributed by atoms with Crippen LogP contribution in [-0.4, -0.2) is 50.0 Å². The topological polar surface area (TPSA) is 125 Å². The van der Waals surface area contributed by atoms with Crippen LogP contribution < -0.4 is 14.8 Å². The van der Waals surface area contributed by atoms with Gasteiger partial charge in [-0.1, -0.05) is 42.5 Å². The number of ether oxygens (including phenoxy) is 1. The second-order valence-electron chi connectivity index (χ2n) is 8.85. The first-order valence-corrected chi connectivity index (χ1v) is 13.5. The van der Waals surface area contributed by atoms with Gasteiger partial charge in [0.2, 0.25) is 10.0 Å². The highest BCUT2D eigenvalue weighted by Gasteiger charge is 2.14. The average Bonchev–Trinajstić information content (AvgIpc) is 2.80. The van der Waals surface area contributed by atoms with Crippen molar-refractivity contribution in [2.75, 3.05) is 24.1 Å². The van der Waals surface area contributed by atoms with Gasteiger partial charge in [0.05, 0.1) is 18.5 Å². The van der Waals surface area contributed by atoms with Crippen molar-refractivity contribution in [2.45, 2.75) is 32.5 Å². The molecule has 0 saturated heterocycles. The molecule has 3 aromatic carbocycles. The molecule has 3 aromatic rings. The van der Waals surface area contributed by atoms with Gasteiger partial charge in [-0.3, -0.25) is 4.72 Å². The van der Waals surface area contributed by atoms with Crippen molar-refractivity contribution in [3.63, 3.8) is 0 Å². The zero-order valence-corrected chi connectivity index (χ0v) is 21.4. The Morgan fingerprint density at radius 2 is 1.69 bits per heavy atom. The molecule has 36 heavy (non-hydrogen) atoms. The number of carbonyl (C=O) groups is 1. The van der Waals surface area contributed by atoms with Gasteiger partial charge in [-0.2, -0.15) is 0 Å². The Balaban J connectivity index is 1.55. The zero-order valence-electron chi connectivity index (χ0n) is 20.6. The summed E-state index contributed by atoms with van der Waals surface area (Å²) in [7, 11) is -3.38. The van der Waals surface area contributed by atoms with E-state index in [9.17, 15) is 23.4 Å². The number of rotatable bonds is 12. The third-order valence-electron chi connectivity index (χ3n) is 5.36. The lowest BCUT2D eigenvalue weighted by Crippen LogP contribution is -2.23. The Hall–Kier alpha value is -3.40. The molecule has 0 aromatic heterocycles. The highest BCUT2D eigenvalue weighted by molar-refractivity contribution is 7.92. The lowest BCUT2D eigenvalue weighted by atomic mass is 10.0. The minimum atomic E-state index is -3.38. The number of sulfonamides is 1. The molecule has 0 spiro atoms. The highest BCUT2D eigenvalue weighted by atomic mass is 32.2. The van der Waals surface area contributed by atoms with Crippen molar-refractivity contribution >= 4 is 21.7 Å². The van der Waals surface area contributed by atoms with Crippen LogP contribution in [0.2, 0.25) is 0 Å². The van der Waals surface area contributed by atoms with Crippen LogP contribution in [0.3, 0.4) is 0 Å². The number of anilines is 1. The fourth-order valence-electron chi connectivity index (χ4n) is 3.71. The lowest BCUT2D eigenvalue weighted by molar-refractivity contribution is 0.0690. The SMILES string of the molecule is CC(C)Oc1cc(-c2ccc(CCNC[C@H](O)c3cccc(NS(C)(=O)=O)c3)cc2)ccc1C(=O)O. The van der Waals surface area contributed by atoms with E-state index in [1.165, 1.54) is 0 Å². The largest absolute Gasteiger partial charge is 0.490 e. The van der Waals surface area contributed by atoms with Gasteiger partial charge in [-0.15, -0.1) is 0 Å². The molecule has 0 aliphatic rings. The number of carboxylic acid groups (broad SMARTS) is 1. The van der Waals surface area contributed by atoms with Crippen molar-refractivity contribution < 1.29 is 28.2 Å². The number of nitrogens with one attached hydrogen (secondary N) is 2. The molecule has 0 saturated carbocycles. The summed E-state index contributed by atoms with van der Waals surface area (Å²) in [6.45, 7) is 4.69. The van der Waals surface area contributed by atoms with Crippen molar-refractivity contribution in [2.24, 2.45) is 0 Å². The molecule has 0 unspecified atom stereocenters. The van der Waals surface area contributed by atoms with Gasteiger partial charge in [-0.05, 0) is 73.3 Å². The van der Waals surface area contributed by atoms with Crippen molar-refractivity contribution in [3.8, 4) is 16.9 Å². The Bertz CT molecular complexity index is 1290. The van der Waals surface area contributed by atoms with Gasteiger partial charge in [0.1, 0.15) is 11.3 Å². The van der Waals surface area contributed by atoms with Gasteiger partial charge in [0.25, 0.3) is 0 Å². The molecule has 8 nitrogen and oxygen atoms in total. The van der Waals surface area contributed by atoms with E-state index in [1.807, 2.05) is 38.1 Å². The number of aromatic carboxylic acids is 1. The molecule has 1 atom stereocenters. The predicted molar refractivity (Wildman–Crippen MR) is 141 cm³/mol. The van der Waals surface area contributed by atoms with Crippen LogP contribution in [0.25, 0.3) is 11.1 Å². The van der Waals surface area contributed by atoms with Gasteiger partial charge in [0, 0.05) is 12.2 Å². The molecule has 0 amide bonds. The predicted octanol–water partition coefficient (Wildman–Crippen LogP) is 4.08.